The fourth-order valence-corrected chi connectivity index (χ4v) is 2.43. The monoisotopic (exact) mass is 275 g/mol. The molecule has 0 atom stereocenters. The molecule has 3 nitrogen and oxygen atoms in total. The molecule has 1 aromatic heterocycles. The Morgan fingerprint density at radius 3 is 2.10 bits per heavy atom. The second kappa shape index (κ2) is 5.67. The number of anilines is 2. The van der Waals surface area contributed by atoms with Crippen LogP contribution in [0.2, 0.25) is 0 Å². The fraction of sp³-hybridized carbons (Fsp3) is 0.0556. The van der Waals surface area contributed by atoms with Crippen LogP contribution in [0.1, 0.15) is 11.1 Å². The molecule has 3 heteroatoms. The molecule has 104 valence electrons. The largest absolute Gasteiger partial charge is 0.398 e. The maximum atomic E-state index is 6.00. The summed E-state index contributed by atoms with van der Waals surface area (Å²) >= 11 is 0. The Morgan fingerprint density at radius 2 is 1.43 bits per heavy atom. The summed E-state index contributed by atoms with van der Waals surface area (Å²) in [5.74, 6) is 0.464. The van der Waals surface area contributed by atoms with E-state index in [1.165, 1.54) is 11.1 Å². The molecule has 2 aromatic carbocycles. The van der Waals surface area contributed by atoms with Gasteiger partial charge in [-0.05, 0) is 29.2 Å². The van der Waals surface area contributed by atoms with Crippen LogP contribution < -0.4 is 11.5 Å². The highest BCUT2D eigenvalue weighted by atomic mass is 14.8. The van der Waals surface area contributed by atoms with Gasteiger partial charge >= 0.3 is 0 Å². The average molecular weight is 275 g/mol. The normalized spacial score (nSPS) is 10.5. The lowest BCUT2D eigenvalue weighted by Gasteiger charge is -2.09. The summed E-state index contributed by atoms with van der Waals surface area (Å²) in [5, 5.41) is 0. The SMILES string of the molecule is Nc1ccnc(N)c1-c1ccc(Cc2ccccc2)cc1. The first-order valence-electron chi connectivity index (χ1n) is 6.87. The molecule has 3 rings (SSSR count). The number of aromatic nitrogens is 1. The summed E-state index contributed by atoms with van der Waals surface area (Å²) in [6.07, 6.45) is 2.54. The molecule has 21 heavy (non-hydrogen) atoms. The molecule has 0 aliphatic rings. The molecule has 1 heterocycles. The molecule has 4 N–H and O–H groups in total. The van der Waals surface area contributed by atoms with Gasteiger partial charge in [-0.25, -0.2) is 4.98 Å². The molecule has 0 saturated heterocycles. The van der Waals surface area contributed by atoms with Gasteiger partial charge in [-0.1, -0.05) is 54.6 Å². The highest BCUT2D eigenvalue weighted by Gasteiger charge is 2.07. The van der Waals surface area contributed by atoms with Crippen molar-refractivity contribution in [1.29, 1.82) is 0 Å². The van der Waals surface area contributed by atoms with Gasteiger partial charge in [-0.2, -0.15) is 0 Å². The lowest BCUT2D eigenvalue weighted by atomic mass is 10.00. The summed E-state index contributed by atoms with van der Waals surface area (Å²) in [7, 11) is 0. The fourth-order valence-electron chi connectivity index (χ4n) is 2.43. The second-order valence-corrected chi connectivity index (χ2v) is 5.02. The van der Waals surface area contributed by atoms with E-state index in [-0.39, 0.29) is 0 Å². The zero-order valence-corrected chi connectivity index (χ0v) is 11.7. The second-order valence-electron chi connectivity index (χ2n) is 5.02. The zero-order valence-electron chi connectivity index (χ0n) is 11.7. The maximum absolute atomic E-state index is 6.00. The predicted molar refractivity (Wildman–Crippen MR) is 87.7 cm³/mol. The third-order valence-corrected chi connectivity index (χ3v) is 3.51. The van der Waals surface area contributed by atoms with Crippen LogP contribution in [0.5, 0.6) is 0 Å². The Labute approximate surface area is 124 Å². The molecule has 0 saturated carbocycles. The summed E-state index contributed by atoms with van der Waals surface area (Å²) in [5.41, 5.74) is 16.9. The number of hydrogen-bond acceptors (Lipinski definition) is 3. The van der Waals surface area contributed by atoms with Crippen molar-refractivity contribution in [1.82, 2.24) is 4.98 Å². The zero-order chi connectivity index (χ0) is 14.7. The van der Waals surface area contributed by atoms with Crippen molar-refractivity contribution in [3.05, 3.63) is 78.0 Å². The van der Waals surface area contributed by atoms with Gasteiger partial charge in [-0.15, -0.1) is 0 Å². The van der Waals surface area contributed by atoms with Crippen molar-refractivity contribution in [2.24, 2.45) is 0 Å². The van der Waals surface area contributed by atoms with Gasteiger partial charge in [0.25, 0.3) is 0 Å². The van der Waals surface area contributed by atoms with E-state index in [1.54, 1.807) is 12.3 Å². The van der Waals surface area contributed by atoms with Gasteiger partial charge in [0.2, 0.25) is 0 Å². The molecule has 0 spiro atoms. The third kappa shape index (κ3) is 2.87. The van der Waals surface area contributed by atoms with Gasteiger partial charge in [0.05, 0.1) is 0 Å². The van der Waals surface area contributed by atoms with E-state index in [9.17, 15) is 0 Å². The average Bonchev–Trinajstić information content (AvgIpc) is 2.50. The van der Waals surface area contributed by atoms with E-state index in [2.05, 4.69) is 41.4 Å². The van der Waals surface area contributed by atoms with Crippen LogP contribution in [-0.4, -0.2) is 4.98 Å². The number of nitrogens with two attached hydrogens (primary N) is 2. The number of benzene rings is 2. The quantitative estimate of drug-likeness (QED) is 0.768. The van der Waals surface area contributed by atoms with Crippen LogP contribution >= 0.6 is 0 Å². The van der Waals surface area contributed by atoms with E-state index in [1.807, 2.05) is 18.2 Å². The van der Waals surface area contributed by atoms with E-state index >= 15 is 0 Å². The van der Waals surface area contributed by atoms with Gasteiger partial charge in [0, 0.05) is 17.4 Å². The van der Waals surface area contributed by atoms with Crippen LogP contribution in [0, 0.1) is 0 Å². The standard InChI is InChI=1S/C18H17N3/c19-16-10-11-21-18(20)17(16)15-8-6-14(7-9-15)12-13-4-2-1-3-5-13/h1-11H,12H2,(H4,19,20,21). The predicted octanol–water partition coefficient (Wildman–Crippen LogP) is 3.50. The summed E-state index contributed by atoms with van der Waals surface area (Å²) in [6, 6.07) is 20.5. The molecule has 0 fully saturated rings. The molecule has 0 bridgehead atoms. The van der Waals surface area contributed by atoms with E-state index in [0.717, 1.165) is 17.5 Å². The minimum atomic E-state index is 0.464. The molecule has 0 amide bonds. The van der Waals surface area contributed by atoms with E-state index in [4.69, 9.17) is 11.5 Å². The van der Waals surface area contributed by atoms with Crippen LogP contribution in [0.25, 0.3) is 11.1 Å². The highest BCUT2D eigenvalue weighted by Crippen LogP contribution is 2.30. The number of nitrogens with zero attached hydrogens (tertiary/aromatic N) is 1. The van der Waals surface area contributed by atoms with Crippen molar-refractivity contribution in [3.63, 3.8) is 0 Å². The molecular weight excluding hydrogens is 258 g/mol. The summed E-state index contributed by atoms with van der Waals surface area (Å²) < 4.78 is 0. The first-order valence-corrected chi connectivity index (χ1v) is 6.87. The van der Waals surface area contributed by atoms with Crippen LogP contribution in [0.4, 0.5) is 11.5 Å². The van der Waals surface area contributed by atoms with Crippen molar-refractivity contribution < 1.29 is 0 Å². The number of hydrogen-bond donors (Lipinski definition) is 2. The number of pyridine rings is 1. The molecule has 0 aliphatic carbocycles. The van der Waals surface area contributed by atoms with Crippen LogP contribution in [-0.2, 0) is 6.42 Å². The van der Waals surface area contributed by atoms with E-state index < -0.39 is 0 Å². The first kappa shape index (κ1) is 13.2. The van der Waals surface area contributed by atoms with E-state index in [0.29, 0.717) is 11.5 Å². The minimum Gasteiger partial charge on any atom is -0.398 e. The van der Waals surface area contributed by atoms with Gasteiger partial charge in [0.15, 0.2) is 0 Å². The topological polar surface area (TPSA) is 64.9 Å². The third-order valence-electron chi connectivity index (χ3n) is 3.51. The number of rotatable bonds is 3. The molecule has 0 radical (unpaired) electrons. The highest BCUT2D eigenvalue weighted by molar-refractivity contribution is 5.84. The van der Waals surface area contributed by atoms with Crippen LogP contribution in [0.15, 0.2) is 66.9 Å². The molecular formula is C18H17N3. The van der Waals surface area contributed by atoms with Crippen molar-refractivity contribution in [2.75, 3.05) is 11.5 Å². The van der Waals surface area contributed by atoms with Gasteiger partial charge < -0.3 is 11.5 Å². The lowest BCUT2D eigenvalue weighted by Crippen LogP contribution is -1.98. The Hall–Kier alpha value is -2.81. The molecule has 0 aliphatic heterocycles. The van der Waals surface area contributed by atoms with Crippen molar-refractivity contribution in [3.8, 4) is 11.1 Å². The van der Waals surface area contributed by atoms with Gasteiger partial charge in [-0.3, -0.25) is 0 Å². The Balaban J connectivity index is 1.88. The van der Waals surface area contributed by atoms with Gasteiger partial charge in [0.1, 0.15) is 5.82 Å². The minimum absolute atomic E-state index is 0.464. The molecule has 0 unspecified atom stereocenters. The first-order chi connectivity index (χ1) is 10.2. The van der Waals surface area contributed by atoms with Crippen molar-refractivity contribution in [2.45, 2.75) is 6.42 Å². The Kier molecular flexibility index (Phi) is 3.56. The Bertz CT molecular complexity index is 714. The van der Waals surface area contributed by atoms with Crippen LogP contribution in [0.3, 0.4) is 0 Å². The summed E-state index contributed by atoms with van der Waals surface area (Å²) in [4.78, 5) is 4.10. The Morgan fingerprint density at radius 1 is 0.762 bits per heavy atom. The molecule has 3 aromatic rings. The number of nitrogen functional groups attached to an aromatic ring is 2. The summed E-state index contributed by atoms with van der Waals surface area (Å²) in [6.45, 7) is 0. The maximum Gasteiger partial charge on any atom is 0.133 e. The lowest BCUT2D eigenvalue weighted by molar-refractivity contribution is 1.19. The smallest absolute Gasteiger partial charge is 0.133 e. The van der Waals surface area contributed by atoms with Crippen molar-refractivity contribution >= 4 is 11.5 Å².